The Morgan fingerprint density at radius 1 is 1.08 bits per heavy atom. The fraction of sp³-hybridized carbons (Fsp3) is 0.864. The number of fused-ring (bicyclic) bond motifs is 5. The van der Waals surface area contributed by atoms with Crippen LogP contribution in [-0.4, -0.2) is 35.5 Å². The molecule has 26 heavy (non-hydrogen) atoms. The summed E-state index contributed by atoms with van der Waals surface area (Å²) in [5.41, 5.74) is 1.33. The molecule has 2 N–H and O–H groups in total. The number of carbonyl (C=O) groups excluding carboxylic acids is 1. The zero-order valence-electron chi connectivity index (χ0n) is 16.4. The predicted octanol–water partition coefficient (Wildman–Crippen LogP) is 3.46. The molecule has 3 unspecified atom stereocenters. The lowest BCUT2D eigenvalue weighted by molar-refractivity contribution is -0.157. The molecule has 4 heteroatoms. The third-order valence-electron chi connectivity index (χ3n) is 9.05. The van der Waals surface area contributed by atoms with E-state index in [9.17, 15) is 15.0 Å². The molecule has 8 atom stereocenters. The van der Waals surface area contributed by atoms with Crippen molar-refractivity contribution in [3.63, 3.8) is 0 Å². The van der Waals surface area contributed by atoms with E-state index in [4.69, 9.17) is 4.74 Å². The van der Waals surface area contributed by atoms with E-state index < -0.39 is 0 Å². The first-order valence-corrected chi connectivity index (χ1v) is 10.4. The van der Waals surface area contributed by atoms with Gasteiger partial charge in [0.05, 0.1) is 19.3 Å². The summed E-state index contributed by atoms with van der Waals surface area (Å²) in [7, 11) is 1.42. The second-order valence-electron chi connectivity index (χ2n) is 9.96. The van der Waals surface area contributed by atoms with Gasteiger partial charge < -0.3 is 14.9 Å². The number of hydrogen-bond donors (Lipinski definition) is 2. The van der Waals surface area contributed by atoms with Gasteiger partial charge in [0.1, 0.15) is 0 Å². The fourth-order valence-electron chi connectivity index (χ4n) is 7.48. The van der Waals surface area contributed by atoms with Crippen LogP contribution in [0.4, 0.5) is 0 Å². The van der Waals surface area contributed by atoms with E-state index in [0.29, 0.717) is 17.8 Å². The van der Waals surface area contributed by atoms with E-state index >= 15 is 0 Å². The van der Waals surface area contributed by atoms with Gasteiger partial charge in [-0.15, -0.1) is 0 Å². The van der Waals surface area contributed by atoms with E-state index in [1.165, 1.54) is 13.5 Å². The highest BCUT2D eigenvalue weighted by atomic mass is 16.5. The van der Waals surface area contributed by atoms with Gasteiger partial charge in [-0.2, -0.15) is 0 Å². The number of aliphatic hydroxyl groups excluding tert-OH is 2. The summed E-state index contributed by atoms with van der Waals surface area (Å²) in [5.74, 6) is 1.69. The van der Waals surface area contributed by atoms with Gasteiger partial charge in [-0.05, 0) is 85.9 Å². The largest absolute Gasteiger partial charge is 0.466 e. The van der Waals surface area contributed by atoms with E-state index in [-0.39, 0.29) is 34.9 Å². The number of ether oxygens (including phenoxy) is 1. The average Bonchev–Trinajstić information content (AvgIpc) is 2.91. The molecule has 4 saturated carbocycles. The molecule has 4 nitrogen and oxygen atoms in total. The summed E-state index contributed by atoms with van der Waals surface area (Å²) in [6, 6.07) is 0. The highest BCUT2D eigenvalue weighted by molar-refractivity contribution is 5.82. The van der Waals surface area contributed by atoms with Gasteiger partial charge in [-0.25, -0.2) is 4.79 Å². The number of carbonyl (C=O) groups is 1. The molecule has 0 aromatic heterocycles. The smallest absolute Gasteiger partial charge is 0.330 e. The van der Waals surface area contributed by atoms with Gasteiger partial charge in [-0.3, -0.25) is 0 Å². The van der Waals surface area contributed by atoms with Crippen molar-refractivity contribution >= 4 is 5.97 Å². The third kappa shape index (κ3) is 2.59. The maximum Gasteiger partial charge on any atom is 0.330 e. The summed E-state index contributed by atoms with van der Waals surface area (Å²) in [5, 5.41) is 21.6. The van der Waals surface area contributed by atoms with Crippen molar-refractivity contribution in [1.29, 1.82) is 0 Å². The van der Waals surface area contributed by atoms with Crippen molar-refractivity contribution in [1.82, 2.24) is 0 Å². The molecule has 0 amide bonds. The van der Waals surface area contributed by atoms with E-state index in [0.717, 1.165) is 50.5 Å². The summed E-state index contributed by atoms with van der Waals surface area (Å²) in [6.07, 6.45) is 9.15. The van der Waals surface area contributed by atoms with Gasteiger partial charge >= 0.3 is 5.97 Å². The summed E-state index contributed by atoms with van der Waals surface area (Å²) >= 11 is 0. The lowest BCUT2D eigenvalue weighted by atomic mass is 9.44. The van der Waals surface area contributed by atoms with Crippen LogP contribution in [0.1, 0.15) is 65.2 Å². The van der Waals surface area contributed by atoms with Crippen molar-refractivity contribution in [2.24, 2.45) is 34.5 Å². The lowest BCUT2D eigenvalue weighted by Crippen LogP contribution is -2.57. The molecule has 4 aliphatic carbocycles. The normalized spacial score (nSPS) is 52.1. The van der Waals surface area contributed by atoms with Crippen LogP contribution in [0.2, 0.25) is 0 Å². The van der Waals surface area contributed by atoms with Crippen molar-refractivity contribution in [3.8, 4) is 0 Å². The third-order valence-corrected chi connectivity index (χ3v) is 9.05. The van der Waals surface area contributed by atoms with Gasteiger partial charge in [0.2, 0.25) is 0 Å². The summed E-state index contributed by atoms with van der Waals surface area (Å²) in [4.78, 5) is 11.6. The average molecular weight is 363 g/mol. The first-order chi connectivity index (χ1) is 12.3. The van der Waals surface area contributed by atoms with Crippen LogP contribution in [0, 0.1) is 34.5 Å². The molecule has 0 aliphatic heterocycles. The molecule has 0 aromatic rings. The van der Waals surface area contributed by atoms with Crippen LogP contribution in [0.15, 0.2) is 11.6 Å². The summed E-state index contributed by atoms with van der Waals surface area (Å²) < 4.78 is 4.79. The van der Waals surface area contributed by atoms with Gasteiger partial charge in [0.25, 0.3) is 0 Å². The van der Waals surface area contributed by atoms with Crippen molar-refractivity contribution in [3.05, 3.63) is 11.6 Å². The van der Waals surface area contributed by atoms with Crippen LogP contribution >= 0.6 is 0 Å². The first-order valence-electron chi connectivity index (χ1n) is 10.4. The van der Waals surface area contributed by atoms with E-state index in [1.807, 2.05) is 0 Å². The molecule has 0 saturated heterocycles. The maximum atomic E-state index is 11.6. The molecule has 4 aliphatic rings. The van der Waals surface area contributed by atoms with Crippen LogP contribution in [0.5, 0.6) is 0 Å². The predicted molar refractivity (Wildman–Crippen MR) is 99.2 cm³/mol. The van der Waals surface area contributed by atoms with Gasteiger partial charge in [0.15, 0.2) is 0 Å². The van der Waals surface area contributed by atoms with E-state index in [2.05, 4.69) is 13.8 Å². The van der Waals surface area contributed by atoms with Crippen molar-refractivity contribution in [2.75, 3.05) is 7.11 Å². The molecular formula is C22H34O4. The zero-order valence-corrected chi connectivity index (χ0v) is 16.4. The molecule has 0 bridgehead atoms. The van der Waals surface area contributed by atoms with Crippen LogP contribution < -0.4 is 0 Å². The fourth-order valence-corrected chi connectivity index (χ4v) is 7.48. The van der Waals surface area contributed by atoms with Gasteiger partial charge in [-0.1, -0.05) is 19.4 Å². The lowest BCUT2D eigenvalue weighted by Gasteiger charge is -2.61. The maximum absolute atomic E-state index is 11.6. The Labute approximate surface area is 157 Å². The SMILES string of the molecule is COC(=O)/C=C1/CC[C@@]2(C)C(C1)C(O)C[C@@H]1[C@H]2CC[C@]2(C)C(O)CC[C@@H]12. The van der Waals surface area contributed by atoms with E-state index in [1.54, 1.807) is 6.08 Å². The molecule has 4 fully saturated rings. The Morgan fingerprint density at radius 3 is 2.54 bits per heavy atom. The number of aliphatic hydroxyl groups is 2. The highest BCUT2D eigenvalue weighted by Crippen LogP contribution is 2.66. The number of hydrogen-bond acceptors (Lipinski definition) is 4. The Morgan fingerprint density at radius 2 is 1.81 bits per heavy atom. The minimum absolute atomic E-state index is 0.0503. The second-order valence-corrected chi connectivity index (χ2v) is 9.96. The van der Waals surface area contributed by atoms with Crippen LogP contribution in [-0.2, 0) is 9.53 Å². The number of allylic oxidation sites excluding steroid dienone is 1. The zero-order chi connectivity index (χ0) is 18.7. The topological polar surface area (TPSA) is 66.8 Å². The molecular weight excluding hydrogens is 328 g/mol. The number of rotatable bonds is 1. The Bertz CT molecular complexity index is 613. The molecule has 146 valence electrons. The standard InChI is InChI=1S/C22H34O4/c1-21-8-6-13(11-20(25)26-3)10-17(21)18(23)12-14-15-4-5-19(24)22(15,2)9-7-16(14)21/h11,14-19,23-24H,4-10,12H2,1-3H3/b13-11-/t14-,15-,16+,17?,18?,19?,21+,22-/m0/s1. The minimum Gasteiger partial charge on any atom is -0.466 e. The Hall–Kier alpha value is -0.870. The van der Waals surface area contributed by atoms with Crippen LogP contribution in [0.3, 0.4) is 0 Å². The first kappa shape index (κ1) is 18.5. The minimum atomic E-state index is -0.303. The molecule has 0 heterocycles. The second kappa shape index (κ2) is 6.34. The van der Waals surface area contributed by atoms with Gasteiger partial charge in [0, 0.05) is 6.08 Å². The Balaban J connectivity index is 1.60. The molecule has 4 rings (SSSR count). The number of esters is 1. The monoisotopic (exact) mass is 362 g/mol. The quantitative estimate of drug-likeness (QED) is 0.554. The number of methoxy groups -OCH3 is 1. The summed E-state index contributed by atoms with van der Waals surface area (Å²) in [6.45, 7) is 4.67. The van der Waals surface area contributed by atoms with Crippen molar-refractivity contribution < 1.29 is 19.7 Å². The molecule has 0 radical (unpaired) electrons. The van der Waals surface area contributed by atoms with Crippen molar-refractivity contribution in [2.45, 2.75) is 77.4 Å². The van der Waals surface area contributed by atoms with Crippen LogP contribution in [0.25, 0.3) is 0 Å². The highest BCUT2D eigenvalue weighted by Gasteiger charge is 2.61. The molecule has 0 spiro atoms. The Kier molecular flexibility index (Phi) is 4.51. The molecule has 0 aromatic carbocycles.